The van der Waals surface area contributed by atoms with Crippen molar-refractivity contribution in [2.24, 2.45) is 0 Å². The average Bonchev–Trinajstić information content (AvgIpc) is 2.95. The molecule has 130 valence electrons. The highest BCUT2D eigenvalue weighted by molar-refractivity contribution is 5.85. The molecule has 6 heteroatoms. The fourth-order valence-corrected chi connectivity index (χ4v) is 3.22. The number of nitrogens with one attached hydrogen (secondary N) is 2. The van der Waals surface area contributed by atoms with Crippen molar-refractivity contribution >= 4 is 22.5 Å². The highest BCUT2D eigenvalue weighted by atomic mass is 16.5. The molecule has 25 heavy (non-hydrogen) atoms. The number of morpholine rings is 1. The van der Waals surface area contributed by atoms with E-state index in [1.807, 2.05) is 6.07 Å². The van der Waals surface area contributed by atoms with Crippen LogP contribution in [-0.2, 0) is 11.3 Å². The highest BCUT2D eigenvalue weighted by Gasteiger charge is 2.13. The molecule has 0 spiro atoms. The lowest BCUT2D eigenvalue weighted by Crippen LogP contribution is -2.36. The first-order chi connectivity index (χ1) is 12.2. The van der Waals surface area contributed by atoms with Crippen LogP contribution >= 0.6 is 0 Å². The summed E-state index contributed by atoms with van der Waals surface area (Å²) in [6.45, 7) is 8.26. The fraction of sp³-hybridized carbons (Fsp3) is 0.368. The Morgan fingerprint density at radius 2 is 2.00 bits per heavy atom. The smallest absolute Gasteiger partial charge is 0.134 e. The van der Waals surface area contributed by atoms with Gasteiger partial charge in [0.25, 0.3) is 0 Å². The minimum absolute atomic E-state index is 0.735. The lowest BCUT2D eigenvalue weighted by molar-refractivity contribution is 0.122. The summed E-state index contributed by atoms with van der Waals surface area (Å²) in [4.78, 5) is 14.4. The van der Waals surface area contributed by atoms with Crippen LogP contribution in [0.4, 0.5) is 11.6 Å². The maximum absolute atomic E-state index is 5.40. The van der Waals surface area contributed by atoms with E-state index in [0.29, 0.717) is 0 Å². The quantitative estimate of drug-likeness (QED) is 0.766. The molecular formula is C19H23N5O. The first-order valence-electron chi connectivity index (χ1n) is 8.67. The molecule has 0 amide bonds. The van der Waals surface area contributed by atoms with Crippen molar-refractivity contribution in [2.75, 3.05) is 36.5 Å². The Morgan fingerprint density at radius 1 is 1.16 bits per heavy atom. The van der Waals surface area contributed by atoms with E-state index in [1.165, 1.54) is 27.7 Å². The van der Waals surface area contributed by atoms with Crippen LogP contribution in [0.1, 0.15) is 16.8 Å². The Bertz CT molecular complexity index is 883. The summed E-state index contributed by atoms with van der Waals surface area (Å²) in [5.74, 6) is 1.80. The Hall–Kier alpha value is -2.60. The Labute approximate surface area is 147 Å². The molecule has 0 radical (unpaired) electrons. The van der Waals surface area contributed by atoms with E-state index in [1.54, 1.807) is 6.33 Å². The van der Waals surface area contributed by atoms with E-state index in [4.69, 9.17) is 4.74 Å². The van der Waals surface area contributed by atoms with Gasteiger partial charge in [0, 0.05) is 42.3 Å². The molecule has 3 aromatic rings. The Kier molecular flexibility index (Phi) is 4.28. The van der Waals surface area contributed by atoms with Crippen molar-refractivity contribution in [3.63, 3.8) is 0 Å². The molecule has 1 fully saturated rings. The molecule has 0 aliphatic carbocycles. The third-order valence-electron chi connectivity index (χ3n) is 4.83. The number of hydrogen-bond donors (Lipinski definition) is 2. The third kappa shape index (κ3) is 3.30. The number of nitrogens with zero attached hydrogens (tertiary/aromatic N) is 3. The minimum atomic E-state index is 0.735. The number of aromatic nitrogens is 3. The number of ether oxygens (including phenoxy) is 1. The lowest BCUT2D eigenvalue weighted by atomic mass is 10.1. The van der Waals surface area contributed by atoms with Crippen molar-refractivity contribution in [1.82, 2.24) is 15.0 Å². The summed E-state index contributed by atoms with van der Waals surface area (Å²) in [7, 11) is 0. The summed E-state index contributed by atoms with van der Waals surface area (Å²) in [5, 5.41) is 4.70. The van der Waals surface area contributed by atoms with Crippen LogP contribution in [0.15, 0.2) is 30.6 Å². The average molecular weight is 337 g/mol. The summed E-state index contributed by atoms with van der Waals surface area (Å²) in [5.41, 5.74) is 4.97. The molecule has 2 N–H and O–H groups in total. The zero-order chi connectivity index (χ0) is 17.2. The molecule has 6 nitrogen and oxygen atoms in total. The van der Waals surface area contributed by atoms with Gasteiger partial charge < -0.3 is 19.9 Å². The SMILES string of the molecule is Cc1[nH]c2ccc(CNc3cc(N4CCOCC4)ncn3)cc2c1C. The van der Waals surface area contributed by atoms with Crippen LogP contribution in [-0.4, -0.2) is 41.3 Å². The van der Waals surface area contributed by atoms with Crippen molar-refractivity contribution < 1.29 is 4.74 Å². The van der Waals surface area contributed by atoms with E-state index in [-0.39, 0.29) is 0 Å². The summed E-state index contributed by atoms with van der Waals surface area (Å²) >= 11 is 0. The predicted octanol–water partition coefficient (Wildman–Crippen LogP) is 3.02. The summed E-state index contributed by atoms with van der Waals surface area (Å²) in [6.07, 6.45) is 1.62. The van der Waals surface area contributed by atoms with Crippen LogP contribution < -0.4 is 10.2 Å². The zero-order valence-electron chi connectivity index (χ0n) is 14.7. The van der Waals surface area contributed by atoms with Gasteiger partial charge in [-0.05, 0) is 37.1 Å². The number of rotatable bonds is 4. The van der Waals surface area contributed by atoms with Crippen molar-refractivity contribution in [2.45, 2.75) is 20.4 Å². The second-order valence-corrected chi connectivity index (χ2v) is 6.47. The van der Waals surface area contributed by atoms with Crippen LogP contribution in [0, 0.1) is 13.8 Å². The van der Waals surface area contributed by atoms with Gasteiger partial charge in [-0.25, -0.2) is 9.97 Å². The second-order valence-electron chi connectivity index (χ2n) is 6.47. The van der Waals surface area contributed by atoms with Gasteiger partial charge in [-0.1, -0.05) is 6.07 Å². The second kappa shape index (κ2) is 6.72. The first-order valence-corrected chi connectivity index (χ1v) is 8.67. The normalized spacial score (nSPS) is 14.9. The number of anilines is 2. The van der Waals surface area contributed by atoms with Gasteiger partial charge in [-0.3, -0.25) is 0 Å². The van der Waals surface area contributed by atoms with E-state index in [0.717, 1.165) is 44.5 Å². The molecule has 1 aliphatic heterocycles. The van der Waals surface area contributed by atoms with Gasteiger partial charge >= 0.3 is 0 Å². The molecule has 4 rings (SSSR count). The monoisotopic (exact) mass is 337 g/mol. The van der Waals surface area contributed by atoms with E-state index >= 15 is 0 Å². The Morgan fingerprint density at radius 3 is 2.84 bits per heavy atom. The van der Waals surface area contributed by atoms with Gasteiger partial charge in [0.05, 0.1) is 13.2 Å². The molecule has 0 bridgehead atoms. The molecular weight excluding hydrogens is 314 g/mol. The molecule has 3 heterocycles. The van der Waals surface area contributed by atoms with Crippen LogP contribution in [0.3, 0.4) is 0 Å². The van der Waals surface area contributed by atoms with Crippen molar-refractivity contribution in [1.29, 1.82) is 0 Å². The highest BCUT2D eigenvalue weighted by Crippen LogP contribution is 2.23. The van der Waals surface area contributed by atoms with Crippen molar-refractivity contribution in [3.8, 4) is 0 Å². The van der Waals surface area contributed by atoms with Crippen LogP contribution in [0.5, 0.6) is 0 Å². The van der Waals surface area contributed by atoms with Crippen LogP contribution in [0.2, 0.25) is 0 Å². The van der Waals surface area contributed by atoms with Gasteiger partial charge in [0.15, 0.2) is 0 Å². The van der Waals surface area contributed by atoms with E-state index in [9.17, 15) is 0 Å². The summed E-state index contributed by atoms with van der Waals surface area (Å²) < 4.78 is 5.40. The molecule has 0 atom stereocenters. The maximum atomic E-state index is 5.40. The number of H-pyrrole nitrogens is 1. The van der Waals surface area contributed by atoms with Gasteiger partial charge in [0.2, 0.25) is 0 Å². The first kappa shape index (κ1) is 15.9. The minimum Gasteiger partial charge on any atom is -0.378 e. The number of aromatic amines is 1. The standard InChI is InChI=1S/C19H23N5O/c1-13-14(2)23-17-4-3-15(9-16(13)17)11-20-18-10-19(22-12-21-18)24-5-7-25-8-6-24/h3-4,9-10,12,23H,5-8,11H2,1-2H3,(H,20,21,22). The Balaban J connectivity index is 1.48. The third-order valence-corrected chi connectivity index (χ3v) is 4.83. The van der Waals surface area contributed by atoms with E-state index < -0.39 is 0 Å². The molecule has 1 aliphatic rings. The number of fused-ring (bicyclic) bond motifs is 1. The van der Waals surface area contributed by atoms with E-state index in [2.05, 4.69) is 57.2 Å². The molecule has 2 aromatic heterocycles. The zero-order valence-corrected chi connectivity index (χ0v) is 14.7. The molecule has 0 saturated carbocycles. The molecule has 0 unspecified atom stereocenters. The molecule has 1 saturated heterocycles. The van der Waals surface area contributed by atoms with Gasteiger partial charge in [0.1, 0.15) is 18.0 Å². The maximum Gasteiger partial charge on any atom is 0.134 e. The topological polar surface area (TPSA) is 66.1 Å². The van der Waals surface area contributed by atoms with Gasteiger partial charge in [-0.15, -0.1) is 0 Å². The van der Waals surface area contributed by atoms with Crippen molar-refractivity contribution in [3.05, 3.63) is 47.4 Å². The predicted molar refractivity (Wildman–Crippen MR) is 100 cm³/mol. The number of hydrogen-bond acceptors (Lipinski definition) is 5. The summed E-state index contributed by atoms with van der Waals surface area (Å²) in [6, 6.07) is 8.54. The number of aryl methyl sites for hydroxylation is 2. The number of benzene rings is 1. The van der Waals surface area contributed by atoms with Crippen LogP contribution in [0.25, 0.3) is 10.9 Å². The lowest BCUT2D eigenvalue weighted by Gasteiger charge is -2.27. The fourth-order valence-electron chi connectivity index (χ4n) is 3.22. The largest absolute Gasteiger partial charge is 0.378 e. The molecule has 1 aromatic carbocycles. The van der Waals surface area contributed by atoms with Gasteiger partial charge in [-0.2, -0.15) is 0 Å².